The molecular weight excluding hydrogens is 314 g/mol. The Hall–Kier alpha value is -1.52. The highest BCUT2D eigenvalue weighted by Crippen LogP contribution is 2.38. The summed E-state index contributed by atoms with van der Waals surface area (Å²) in [6, 6.07) is 0. The normalized spacial score (nSPS) is 12.4. The minimum Gasteiger partial charge on any atom is -0.478 e. The van der Waals surface area contributed by atoms with Crippen molar-refractivity contribution in [1.29, 1.82) is 0 Å². The van der Waals surface area contributed by atoms with Crippen LogP contribution in [0.2, 0.25) is 0 Å². The fraction of sp³-hybridized carbons (Fsp3) is 0.545. The first-order chi connectivity index (χ1) is 9.91. The average Bonchev–Trinajstić information content (AvgIpc) is 3.00. The number of thioether (sulfide) groups is 1. The Balaban J connectivity index is 2.18. The summed E-state index contributed by atoms with van der Waals surface area (Å²) < 4.78 is 8.83. The van der Waals surface area contributed by atoms with Crippen molar-refractivity contribution in [2.45, 2.75) is 31.3 Å². The lowest BCUT2D eigenvalue weighted by Crippen LogP contribution is -2.11. The van der Waals surface area contributed by atoms with Gasteiger partial charge in [0.25, 0.3) is 0 Å². The van der Waals surface area contributed by atoms with Crippen LogP contribution >= 0.6 is 23.3 Å². The van der Waals surface area contributed by atoms with Crippen molar-refractivity contribution in [3.63, 3.8) is 0 Å². The molecule has 21 heavy (non-hydrogen) atoms. The van der Waals surface area contributed by atoms with E-state index in [1.807, 2.05) is 20.8 Å². The molecule has 2 aromatic rings. The quantitative estimate of drug-likeness (QED) is 0.639. The van der Waals surface area contributed by atoms with E-state index in [2.05, 4.69) is 24.7 Å². The third-order valence-electron chi connectivity index (χ3n) is 2.32. The lowest BCUT2D eigenvalue weighted by Gasteiger charge is -2.13. The summed E-state index contributed by atoms with van der Waals surface area (Å²) in [6.07, 6.45) is 0. The first-order valence-corrected chi connectivity index (χ1v) is 7.86. The van der Waals surface area contributed by atoms with Crippen molar-refractivity contribution >= 4 is 34.1 Å². The van der Waals surface area contributed by atoms with Crippen LogP contribution in [0, 0.1) is 0 Å². The van der Waals surface area contributed by atoms with Crippen LogP contribution in [0.5, 0.6) is 5.95 Å². The maximum Gasteiger partial charge on any atom is 0.337 e. The largest absolute Gasteiger partial charge is 0.478 e. The molecule has 0 aromatic carbocycles. The fourth-order valence-electron chi connectivity index (χ4n) is 1.39. The molecule has 0 fully saturated rings. The van der Waals surface area contributed by atoms with Crippen molar-refractivity contribution in [2.75, 3.05) is 12.4 Å². The van der Waals surface area contributed by atoms with Gasteiger partial charge in [-0.15, -0.1) is 10.2 Å². The number of hydrogen-bond donors (Lipinski definition) is 2. The molecule has 0 aliphatic heterocycles. The summed E-state index contributed by atoms with van der Waals surface area (Å²) in [5.74, 6) is 0.150. The maximum absolute atomic E-state index is 9.65. The van der Waals surface area contributed by atoms with E-state index in [-0.39, 0.29) is 23.7 Å². The van der Waals surface area contributed by atoms with Gasteiger partial charge in [-0.2, -0.15) is 9.36 Å². The minimum absolute atomic E-state index is 0.0598. The predicted octanol–water partition coefficient (Wildman–Crippen LogP) is 3.03. The van der Waals surface area contributed by atoms with Crippen molar-refractivity contribution < 1.29 is 14.7 Å². The van der Waals surface area contributed by atoms with E-state index in [0.29, 0.717) is 21.7 Å². The van der Waals surface area contributed by atoms with Gasteiger partial charge >= 0.3 is 5.95 Å². The number of aromatic hydroxyl groups is 1. The minimum atomic E-state index is -0.372. The number of rotatable bonds is 5. The van der Waals surface area contributed by atoms with Crippen LogP contribution in [-0.2, 0) is 5.41 Å². The van der Waals surface area contributed by atoms with Crippen molar-refractivity contribution in [3.05, 3.63) is 5.69 Å². The second-order valence-electron chi connectivity index (χ2n) is 5.07. The molecule has 0 aliphatic rings. The highest BCUT2D eigenvalue weighted by molar-refractivity contribution is 7.99. The summed E-state index contributed by atoms with van der Waals surface area (Å²) in [6.45, 7) is 5.85. The Kier molecular flexibility index (Phi) is 4.91. The lowest BCUT2D eigenvalue weighted by atomic mass is 9.91. The van der Waals surface area contributed by atoms with Crippen LogP contribution in [0.25, 0.3) is 0 Å². The number of hydrogen-bond acceptors (Lipinski definition) is 10. The van der Waals surface area contributed by atoms with Gasteiger partial charge in [-0.1, -0.05) is 37.7 Å². The molecule has 0 radical (unpaired) electrons. The van der Waals surface area contributed by atoms with Crippen LogP contribution in [0.15, 0.2) is 19.9 Å². The molecular formula is C11H15N5O3S2. The summed E-state index contributed by atoms with van der Waals surface area (Å²) in [7, 11) is 0. The SMILES string of the molecule is CC(C)(C)c1noc(O)c1N=Nc1nc(SCCO)ns1. The molecule has 0 saturated heterocycles. The van der Waals surface area contributed by atoms with Gasteiger partial charge in [-0.25, -0.2) is 0 Å². The van der Waals surface area contributed by atoms with Gasteiger partial charge in [0.15, 0.2) is 5.69 Å². The smallest absolute Gasteiger partial charge is 0.337 e. The first-order valence-electron chi connectivity index (χ1n) is 6.10. The second kappa shape index (κ2) is 6.50. The summed E-state index contributed by atoms with van der Waals surface area (Å²) in [5.41, 5.74) is 0.382. The maximum atomic E-state index is 9.65. The molecule has 0 aliphatic carbocycles. The molecule has 8 nitrogen and oxygen atoms in total. The number of aliphatic hydroxyl groups is 1. The number of aromatic nitrogens is 3. The molecule has 2 rings (SSSR count). The first kappa shape index (κ1) is 15.9. The lowest BCUT2D eigenvalue weighted by molar-refractivity contribution is 0.273. The zero-order valence-electron chi connectivity index (χ0n) is 11.8. The van der Waals surface area contributed by atoms with Crippen molar-refractivity contribution in [2.24, 2.45) is 10.2 Å². The van der Waals surface area contributed by atoms with E-state index in [4.69, 9.17) is 9.63 Å². The van der Waals surface area contributed by atoms with Gasteiger partial charge in [-0.3, -0.25) is 0 Å². The highest BCUT2D eigenvalue weighted by Gasteiger charge is 2.26. The van der Waals surface area contributed by atoms with Crippen LogP contribution in [0.3, 0.4) is 0 Å². The van der Waals surface area contributed by atoms with Gasteiger partial charge in [0.05, 0.1) is 6.61 Å². The third-order valence-corrected chi connectivity index (χ3v) is 3.86. The average molecular weight is 329 g/mol. The number of nitrogens with zero attached hydrogens (tertiary/aromatic N) is 5. The van der Waals surface area contributed by atoms with Crippen LogP contribution in [0.1, 0.15) is 26.5 Å². The second-order valence-corrected chi connectivity index (χ2v) is 6.86. The zero-order valence-corrected chi connectivity index (χ0v) is 13.4. The molecule has 0 amide bonds. The Morgan fingerprint density at radius 3 is 2.76 bits per heavy atom. The fourth-order valence-corrected chi connectivity index (χ4v) is 2.60. The topological polar surface area (TPSA) is 117 Å². The van der Waals surface area contributed by atoms with Crippen molar-refractivity contribution in [3.8, 4) is 5.95 Å². The van der Waals surface area contributed by atoms with Crippen LogP contribution in [0.4, 0.5) is 10.8 Å². The highest BCUT2D eigenvalue weighted by atomic mass is 32.2. The number of aliphatic hydroxyl groups excluding tert-OH is 1. The van der Waals surface area contributed by atoms with E-state index in [0.717, 1.165) is 11.5 Å². The molecule has 114 valence electrons. The van der Waals surface area contributed by atoms with Gasteiger partial charge < -0.3 is 14.7 Å². The number of azo groups is 1. The predicted molar refractivity (Wildman–Crippen MR) is 78.8 cm³/mol. The van der Waals surface area contributed by atoms with Gasteiger partial charge in [0, 0.05) is 22.7 Å². The molecule has 0 spiro atoms. The molecule has 2 aromatic heterocycles. The molecule has 10 heteroatoms. The molecule has 0 atom stereocenters. The Morgan fingerprint density at radius 1 is 1.33 bits per heavy atom. The molecule has 0 bridgehead atoms. The standard InChI is InChI=1S/C11H15N5O3S2/c1-11(2,3)7-6(8(18)19-15-7)13-14-9-12-10(16-21-9)20-5-4-17/h17-18H,4-5H2,1-3H3. The monoisotopic (exact) mass is 329 g/mol. The van der Waals surface area contributed by atoms with Crippen molar-refractivity contribution in [1.82, 2.24) is 14.5 Å². The van der Waals surface area contributed by atoms with Crippen LogP contribution in [-0.4, -0.2) is 37.1 Å². The summed E-state index contributed by atoms with van der Waals surface area (Å²) in [4.78, 5) is 4.13. The van der Waals surface area contributed by atoms with E-state index in [1.54, 1.807) is 0 Å². The van der Waals surface area contributed by atoms with Gasteiger partial charge in [-0.05, 0) is 0 Å². The Morgan fingerprint density at radius 2 is 2.10 bits per heavy atom. The van der Waals surface area contributed by atoms with Gasteiger partial charge in [0.2, 0.25) is 10.3 Å². The Labute approximate surface area is 129 Å². The molecule has 2 heterocycles. The van der Waals surface area contributed by atoms with E-state index >= 15 is 0 Å². The Bertz CT molecular complexity index is 632. The zero-order chi connectivity index (χ0) is 15.5. The van der Waals surface area contributed by atoms with Gasteiger partial charge in [0.1, 0.15) is 5.69 Å². The van der Waals surface area contributed by atoms with Crippen LogP contribution < -0.4 is 0 Å². The summed E-state index contributed by atoms with van der Waals surface area (Å²) in [5, 5.41) is 31.0. The summed E-state index contributed by atoms with van der Waals surface area (Å²) >= 11 is 2.42. The molecule has 0 unspecified atom stereocenters. The molecule has 0 saturated carbocycles. The molecule has 2 N–H and O–H groups in total. The van der Waals surface area contributed by atoms with E-state index in [9.17, 15) is 5.11 Å². The van der Waals surface area contributed by atoms with E-state index in [1.165, 1.54) is 11.8 Å². The third kappa shape index (κ3) is 3.99. The van der Waals surface area contributed by atoms with E-state index < -0.39 is 0 Å².